The average molecular weight is 443 g/mol. The average Bonchev–Trinajstić information content (AvgIpc) is 2.87. The van der Waals surface area contributed by atoms with E-state index >= 15 is 0 Å². The van der Waals surface area contributed by atoms with Gasteiger partial charge in [-0.25, -0.2) is 5.43 Å². The molecule has 7 heteroatoms. The van der Waals surface area contributed by atoms with Crippen molar-refractivity contribution in [1.82, 2.24) is 10.7 Å². The number of rotatable bonds is 5. The van der Waals surface area contributed by atoms with Gasteiger partial charge in [0, 0.05) is 17.7 Å². The lowest BCUT2D eigenvalue weighted by Crippen LogP contribution is -2.39. The summed E-state index contributed by atoms with van der Waals surface area (Å²) in [6, 6.07) is 24.7. The fraction of sp³-hybridized carbons (Fsp3) is 0.192. The number of fused-ring (bicyclic) bond motifs is 1. The predicted molar refractivity (Wildman–Crippen MR) is 128 cm³/mol. The van der Waals surface area contributed by atoms with Gasteiger partial charge in [-0.3, -0.25) is 9.59 Å². The molecule has 1 aliphatic heterocycles. The molecule has 3 aromatic carbocycles. The van der Waals surface area contributed by atoms with Crippen LogP contribution in [-0.4, -0.2) is 24.6 Å². The minimum Gasteiger partial charge on any atom is -0.497 e. The van der Waals surface area contributed by atoms with Gasteiger partial charge in [-0.2, -0.15) is 5.10 Å². The Morgan fingerprint density at radius 3 is 2.55 bits per heavy atom. The number of carbonyl (C=O) groups excluding carboxylic acids is 2. The zero-order chi connectivity index (χ0) is 23.2. The van der Waals surface area contributed by atoms with Crippen LogP contribution in [0.5, 0.6) is 5.75 Å². The lowest BCUT2D eigenvalue weighted by molar-refractivity contribution is -0.139. The Morgan fingerprint density at radius 1 is 1.00 bits per heavy atom. The first-order valence-electron chi connectivity index (χ1n) is 10.8. The van der Waals surface area contributed by atoms with Crippen LogP contribution in [0.2, 0.25) is 0 Å². The Balaban J connectivity index is 1.49. The summed E-state index contributed by atoms with van der Waals surface area (Å²) in [6.07, 6.45) is 0.534. The molecule has 0 saturated heterocycles. The highest BCUT2D eigenvalue weighted by Gasteiger charge is 2.25. The number of methoxy groups -OCH3 is 1. The number of nitrogens with one attached hydrogen (secondary N) is 3. The number of amides is 2. The summed E-state index contributed by atoms with van der Waals surface area (Å²) < 4.78 is 5.35. The van der Waals surface area contributed by atoms with Crippen LogP contribution in [0.3, 0.4) is 0 Å². The second-order valence-electron chi connectivity index (χ2n) is 7.83. The van der Waals surface area contributed by atoms with Crippen molar-refractivity contribution in [3.8, 4) is 5.75 Å². The van der Waals surface area contributed by atoms with Gasteiger partial charge in [-0.15, -0.1) is 0 Å². The number of ether oxygens (including phenoxy) is 1. The smallest absolute Gasteiger partial charge is 0.329 e. The highest BCUT2D eigenvalue weighted by molar-refractivity contribution is 6.35. The molecule has 2 atom stereocenters. The van der Waals surface area contributed by atoms with E-state index in [4.69, 9.17) is 4.74 Å². The molecule has 2 amide bonds. The van der Waals surface area contributed by atoms with Crippen LogP contribution in [0, 0.1) is 0 Å². The molecule has 0 fully saturated rings. The SMILES string of the molecule is COc1cccc([C@H]2CC(=NNC(=O)C(=O)N[C@@H](C)c3ccccc3)c3ccccc3N2)c1. The number of anilines is 1. The lowest BCUT2D eigenvalue weighted by Gasteiger charge is -2.28. The van der Waals surface area contributed by atoms with Crippen LogP contribution in [0.1, 0.15) is 42.1 Å². The fourth-order valence-corrected chi connectivity index (χ4v) is 3.82. The zero-order valence-electron chi connectivity index (χ0n) is 18.5. The Kier molecular flexibility index (Phi) is 6.69. The molecule has 0 spiro atoms. The topological polar surface area (TPSA) is 91.8 Å². The number of benzene rings is 3. The quantitative estimate of drug-likeness (QED) is 0.412. The molecular formula is C26H26N4O3. The summed E-state index contributed by atoms with van der Waals surface area (Å²) in [5.74, 6) is -0.773. The van der Waals surface area contributed by atoms with Crippen molar-refractivity contribution in [2.75, 3.05) is 12.4 Å². The maximum Gasteiger partial charge on any atom is 0.329 e. The van der Waals surface area contributed by atoms with Crippen molar-refractivity contribution in [3.05, 3.63) is 95.6 Å². The van der Waals surface area contributed by atoms with Crippen LogP contribution in [-0.2, 0) is 9.59 Å². The Hall–Kier alpha value is -4.13. The van der Waals surface area contributed by atoms with Gasteiger partial charge < -0.3 is 15.4 Å². The van der Waals surface area contributed by atoms with Crippen LogP contribution < -0.4 is 20.8 Å². The van der Waals surface area contributed by atoms with E-state index in [1.807, 2.05) is 85.8 Å². The van der Waals surface area contributed by atoms with E-state index in [0.29, 0.717) is 12.1 Å². The summed E-state index contributed by atoms with van der Waals surface area (Å²) in [6.45, 7) is 1.83. The van der Waals surface area contributed by atoms with Crippen LogP contribution in [0.15, 0.2) is 84.0 Å². The minimum atomic E-state index is -0.806. The van der Waals surface area contributed by atoms with Gasteiger partial charge in [0.2, 0.25) is 0 Å². The number of carbonyl (C=O) groups is 2. The van der Waals surface area contributed by atoms with E-state index in [0.717, 1.165) is 28.1 Å². The van der Waals surface area contributed by atoms with Crippen molar-refractivity contribution >= 4 is 23.2 Å². The number of nitrogens with zero attached hydrogens (tertiary/aromatic N) is 1. The molecular weight excluding hydrogens is 416 g/mol. The molecule has 1 aliphatic rings. The molecule has 3 N–H and O–H groups in total. The molecule has 0 unspecified atom stereocenters. The second-order valence-corrected chi connectivity index (χ2v) is 7.83. The van der Waals surface area contributed by atoms with Crippen LogP contribution >= 0.6 is 0 Å². The van der Waals surface area contributed by atoms with E-state index in [1.165, 1.54) is 0 Å². The first-order chi connectivity index (χ1) is 16.0. The van der Waals surface area contributed by atoms with Crippen LogP contribution in [0.25, 0.3) is 0 Å². The van der Waals surface area contributed by atoms with Gasteiger partial charge >= 0.3 is 11.8 Å². The van der Waals surface area contributed by atoms with Crippen molar-refractivity contribution < 1.29 is 14.3 Å². The molecule has 168 valence electrons. The van der Waals surface area contributed by atoms with E-state index < -0.39 is 11.8 Å². The van der Waals surface area contributed by atoms with Gasteiger partial charge in [-0.1, -0.05) is 60.7 Å². The third-order valence-corrected chi connectivity index (χ3v) is 5.61. The molecule has 0 aromatic heterocycles. The lowest BCUT2D eigenvalue weighted by atomic mass is 9.92. The molecule has 0 saturated carbocycles. The Bertz CT molecular complexity index is 1180. The van der Waals surface area contributed by atoms with Crippen molar-refractivity contribution in [2.45, 2.75) is 25.4 Å². The molecule has 0 aliphatic carbocycles. The maximum absolute atomic E-state index is 12.4. The molecule has 0 radical (unpaired) electrons. The minimum absolute atomic E-state index is 0.0578. The van der Waals surface area contributed by atoms with E-state index in [1.54, 1.807) is 7.11 Å². The summed E-state index contributed by atoms with van der Waals surface area (Å²) in [5.41, 5.74) is 6.87. The summed E-state index contributed by atoms with van der Waals surface area (Å²) in [5, 5.41) is 10.6. The third-order valence-electron chi connectivity index (χ3n) is 5.61. The maximum atomic E-state index is 12.4. The first kappa shape index (κ1) is 22.1. The van der Waals surface area contributed by atoms with Crippen molar-refractivity contribution in [2.24, 2.45) is 5.10 Å². The molecule has 1 heterocycles. The normalized spacial score (nSPS) is 16.8. The van der Waals surface area contributed by atoms with Gasteiger partial charge in [0.05, 0.1) is 24.9 Å². The summed E-state index contributed by atoms with van der Waals surface area (Å²) >= 11 is 0. The fourth-order valence-electron chi connectivity index (χ4n) is 3.82. The largest absolute Gasteiger partial charge is 0.497 e. The van der Waals surface area contributed by atoms with Gasteiger partial charge in [0.25, 0.3) is 0 Å². The number of hydrogen-bond acceptors (Lipinski definition) is 5. The molecule has 7 nitrogen and oxygen atoms in total. The molecule has 0 bridgehead atoms. The number of hydrazone groups is 1. The highest BCUT2D eigenvalue weighted by Crippen LogP contribution is 2.33. The highest BCUT2D eigenvalue weighted by atomic mass is 16.5. The summed E-state index contributed by atoms with van der Waals surface area (Å²) in [4.78, 5) is 24.8. The standard InChI is InChI=1S/C26H26N4O3/c1-17(18-9-4-3-5-10-18)27-25(31)26(32)30-29-24-16-23(19-11-8-12-20(15-19)33-2)28-22-14-7-6-13-21(22)24/h3-15,17,23,28H,16H2,1-2H3,(H,27,31)(H,30,32)/t17-,23+/m0/s1. The van der Waals surface area contributed by atoms with Crippen molar-refractivity contribution in [3.63, 3.8) is 0 Å². The molecule has 33 heavy (non-hydrogen) atoms. The van der Waals surface area contributed by atoms with Gasteiger partial charge in [0.1, 0.15) is 5.75 Å². The summed E-state index contributed by atoms with van der Waals surface area (Å²) in [7, 11) is 1.63. The monoisotopic (exact) mass is 442 g/mol. The van der Waals surface area contributed by atoms with E-state index in [2.05, 4.69) is 21.2 Å². The third kappa shape index (κ3) is 5.20. The van der Waals surface area contributed by atoms with Crippen LogP contribution in [0.4, 0.5) is 5.69 Å². The van der Waals surface area contributed by atoms with Crippen molar-refractivity contribution in [1.29, 1.82) is 0 Å². The number of para-hydroxylation sites is 1. The van der Waals surface area contributed by atoms with Gasteiger partial charge in [0.15, 0.2) is 0 Å². The first-order valence-corrected chi connectivity index (χ1v) is 10.8. The zero-order valence-corrected chi connectivity index (χ0v) is 18.5. The number of hydrogen-bond donors (Lipinski definition) is 3. The molecule has 3 aromatic rings. The Morgan fingerprint density at radius 2 is 1.76 bits per heavy atom. The van der Waals surface area contributed by atoms with E-state index in [9.17, 15) is 9.59 Å². The Labute approximate surface area is 192 Å². The van der Waals surface area contributed by atoms with E-state index in [-0.39, 0.29) is 12.1 Å². The second kappa shape index (κ2) is 9.99. The van der Waals surface area contributed by atoms with Gasteiger partial charge in [-0.05, 0) is 36.2 Å². The predicted octanol–water partition coefficient (Wildman–Crippen LogP) is 3.95. The molecule has 4 rings (SSSR count).